The molecule has 9 heteroatoms. The van der Waals surface area contributed by atoms with Crippen LogP contribution in [0.1, 0.15) is 15.9 Å². The number of hydrogen-bond donors (Lipinski definition) is 1. The summed E-state index contributed by atoms with van der Waals surface area (Å²) in [6, 6.07) is 14.6. The molecule has 144 valence electrons. The SMILES string of the molecule is Cc1ccc(C(=O)Nc2cccc(-c3nnc(-c4ccco4)o3)c2)cc1[N+](=O)[O-]. The van der Waals surface area contributed by atoms with Crippen molar-refractivity contribution in [2.24, 2.45) is 0 Å². The van der Waals surface area contributed by atoms with E-state index in [1.807, 2.05) is 0 Å². The maximum Gasteiger partial charge on any atom is 0.283 e. The summed E-state index contributed by atoms with van der Waals surface area (Å²) in [4.78, 5) is 23.1. The molecule has 4 rings (SSSR count). The van der Waals surface area contributed by atoms with E-state index in [9.17, 15) is 14.9 Å². The highest BCUT2D eigenvalue weighted by Crippen LogP contribution is 2.26. The number of nitro benzene ring substituents is 1. The predicted octanol–water partition coefficient (Wildman–Crippen LogP) is 4.47. The van der Waals surface area contributed by atoms with Gasteiger partial charge < -0.3 is 14.2 Å². The predicted molar refractivity (Wildman–Crippen MR) is 103 cm³/mol. The van der Waals surface area contributed by atoms with Crippen molar-refractivity contribution in [1.82, 2.24) is 10.2 Å². The van der Waals surface area contributed by atoms with Crippen LogP contribution in [-0.2, 0) is 0 Å². The number of benzene rings is 2. The summed E-state index contributed by atoms with van der Waals surface area (Å²) >= 11 is 0. The Labute approximate surface area is 164 Å². The standard InChI is InChI=1S/C20H14N4O5/c1-12-7-8-13(11-16(12)24(26)27)18(25)21-15-5-2-4-14(10-15)19-22-23-20(29-19)17-6-3-9-28-17/h2-11H,1H3,(H,21,25). The fourth-order valence-electron chi connectivity index (χ4n) is 2.72. The van der Waals surface area contributed by atoms with Gasteiger partial charge in [0.2, 0.25) is 5.89 Å². The van der Waals surface area contributed by atoms with Gasteiger partial charge >= 0.3 is 0 Å². The number of nitrogens with zero attached hydrogens (tertiary/aromatic N) is 3. The first kappa shape index (κ1) is 18.1. The minimum atomic E-state index is -0.515. The number of carbonyl (C=O) groups excluding carboxylic acids is 1. The van der Waals surface area contributed by atoms with Gasteiger partial charge in [0.05, 0.1) is 11.2 Å². The third-order valence-electron chi connectivity index (χ3n) is 4.19. The molecule has 9 nitrogen and oxygen atoms in total. The van der Waals surface area contributed by atoms with E-state index in [1.165, 1.54) is 24.5 Å². The van der Waals surface area contributed by atoms with Gasteiger partial charge in [0, 0.05) is 28.4 Å². The van der Waals surface area contributed by atoms with Crippen molar-refractivity contribution in [1.29, 1.82) is 0 Å². The van der Waals surface area contributed by atoms with Crippen molar-refractivity contribution in [3.8, 4) is 23.1 Å². The molecule has 0 fully saturated rings. The molecule has 4 aromatic rings. The van der Waals surface area contributed by atoms with E-state index >= 15 is 0 Å². The second-order valence-electron chi connectivity index (χ2n) is 6.18. The summed E-state index contributed by atoms with van der Waals surface area (Å²) in [6.45, 7) is 1.62. The maximum absolute atomic E-state index is 12.5. The Bertz CT molecular complexity index is 1200. The first-order valence-corrected chi connectivity index (χ1v) is 8.55. The number of anilines is 1. The molecule has 1 amide bonds. The third kappa shape index (κ3) is 3.74. The molecular weight excluding hydrogens is 376 g/mol. The second-order valence-corrected chi connectivity index (χ2v) is 6.18. The molecule has 29 heavy (non-hydrogen) atoms. The molecule has 0 aliphatic heterocycles. The summed E-state index contributed by atoms with van der Waals surface area (Å²) in [6.07, 6.45) is 1.50. The number of aryl methyl sites for hydroxylation is 1. The Kier molecular flexibility index (Phi) is 4.62. The fraction of sp³-hybridized carbons (Fsp3) is 0.0500. The molecule has 0 spiro atoms. The average molecular weight is 390 g/mol. The Morgan fingerprint density at radius 2 is 1.90 bits per heavy atom. The highest BCUT2D eigenvalue weighted by Gasteiger charge is 2.16. The molecule has 0 aliphatic carbocycles. The van der Waals surface area contributed by atoms with Crippen LogP contribution in [0.3, 0.4) is 0 Å². The third-order valence-corrected chi connectivity index (χ3v) is 4.19. The van der Waals surface area contributed by atoms with Crippen molar-refractivity contribution < 1.29 is 18.6 Å². The van der Waals surface area contributed by atoms with E-state index in [2.05, 4.69) is 15.5 Å². The summed E-state index contributed by atoms with van der Waals surface area (Å²) in [5.74, 6) is 0.492. The van der Waals surface area contributed by atoms with E-state index in [0.29, 0.717) is 22.6 Å². The van der Waals surface area contributed by atoms with Gasteiger partial charge in [-0.25, -0.2) is 0 Å². The van der Waals surface area contributed by atoms with Gasteiger partial charge in [0.25, 0.3) is 17.5 Å². The van der Waals surface area contributed by atoms with E-state index < -0.39 is 10.8 Å². The van der Waals surface area contributed by atoms with Crippen molar-refractivity contribution in [3.63, 3.8) is 0 Å². The minimum absolute atomic E-state index is 0.109. The van der Waals surface area contributed by atoms with Gasteiger partial charge in [-0.05, 0) is 43.3 Å². The number of carbonyl (C=O) groups is 1. The molecule has 0 aliphatic rings. The second kappa shape index (κ2) is 7.39. The molecule has 1 N–H and O–H groups in total. The molecule has 0 bridgehead atoms. The van der Waals surface area contributed by atoms with Crippen LogP contribution in [0.2, 0.25) is 0 Å². The van der Waals surface area contributed by atoms with Gasteiger partial charge in [-0.2, -0.15) is 0 Å². The van der Waals surface area contributed by atoms with Gasteiger partial charge in [0.1, 0.15) is 0 Å². The molecule has 2 aromatic heterocycles. The average Bonchev–Trinajstić information content (AvgIpc) is 3.40. The molecule has 0 atom stereocenters. The number of aromatic nitrogens is 2. The molecule has 0 saturated carbocycles. The smallest absolute Gasteiger partial charge is 0.283 e. The van der Waals surface area contributed by atoms with Gasteiger partial charge in [-0.15, -0.1) is 10.2 Å². The molecule has 2 aromatic carbocycles. The zero-order valence-electron chi connectivity index (χ0n) is 15.2. The summed E-state index contributed by atoms with van der Waals surface area (Å²) in [7, 11) is 0. The lowest BCUT2D eigenvalue weighted by atomic mass is 10.1. The number of amides is 1. The lowest BCUT2D eigenvalue weighted by molar-refractivity contribution is -0.385. The largest absolute Gasteiger partial charge is 0.459 e. The van der Waals surface area contributed by atoms with Crippen LogP contribution in [-0.4, -0.2) is 21.0 Å². The zero-order chi connectivity index (χ0) is 20.4. The lowest BCUT2D eigenvalue weighted by Gasteiger charge is -2.07. The lowest BCUT2D eigenvalue weighted by Crippen LogP contribution is -2.12. The van der Waals surface area contributed by atoms with Crippen molar-refractivity contribution in [2.75, 3.05) is 5.32 Å². The van der Waals surface area contributed by atoms with Crippen LogP contribution in [0.25, 0.3) is 23.1 Å². The number of hydrogen-bond acceptors (Lipinski definition) is 7. The minimum Gasteiger partial charge on any atom is -0.459 e. The van der Waals surface area contributed by atoms with Crippen molar-refractivity contribution >= 4 is 17.3 Å². The van der Waals surface area contributed by atoms with Gasteiger partial charge in [-0.3, -0.25) is 14.9 Å². The Morgan fingerprint density at radius 3 is 2.66 bits per heavy atom. The molecule has 0 radical (unpaired) electrons. The Morgan fingerprint density at radius 1 is 1.07 bits per heavy atom. The monoisotopic (exact) mass is 390 g/mol. The number of nitro groups is 1. The molecular formula is C20H14N4O5. The van der Waals surface area contributed by atoms with Crippen LogP contribution in [0.15, 0.2) is 69.7 Å². The molecule has 2 heterocycles. The highest BCUT2D eigenvalue weighted by atomic mass is 16.6. The van der Waals surface area contributed by atoms with Crippen LogP contribution in [0.4, 0.5) is 11.4 Å². The zero-order valence-corrected chi connectivity index (χ0v) is 15.2. The summed E-state index contributed by atoms with van der Waals surface area (Å²) in [5, 5.41) is 21.7. The van der Waals surface area contributed by atoms with Crippen molar-refractivity contribution in [2.45, 2.75) is 6.92 Å². The number of nitrogens with one attached hydrogen (secondary N) is 1. The van der Waals surface area contributed by atoms with Gasteiger partial charge in [-0.1, -0.05) is 12.1 Å². The van der Waals surface area contributed by atoms with Crippen LogP contribution < -0.4 is 5.32 Å². The van der Waals surface area contributed by atoms with Crippen LogP contribution >= 0.6 is 0 Å². The molecule has 0 unspecified atom stereocenters. The summed E-state index contributed by atoms with van der Waals surface area (Å²) in [5.41, 5.74) is 1.64. The first-order valence-electron chi connectivity index (χ1n) is 8.55. The van der Waals surface area contributed by atoms with Crippen molar-refractivity contribution in [3.05, 3.63) is 82.1 Å². The fourth-order valence-corrected chi connectivity index (χ4v) is 2.72. The normalized spacial score (nSPS) is 10.7. The topological polar surface area (TPSA) is 124 Å². The van der Waals surface area contributed by atoms with E-state index in [-0.39, 0.29) is 23.0 Å². The number of rotatable bonds is 5. The van der Waals surface area contributed by atoms with E-state index in [4.69, 9.17) is 8.83 Å². The van der Waals surface area contributed by atoms with Crippen LogP contribution in [0, 0.1) is 17.0 Å². The van der Waals surface area contributed by atoms with E-state index in [0.717, 1.165) is 0 Å². The van der Waals surface area contributed by atoms with Gasteiger partial charge in [0.15, 0.2) is 5.76 Å². The quantitative estimate of drug-likeness (QED) is 0.394. The number of furan rings is 1. The maximum atomic E-state index is 12.5. The first-order chi connectivity index (χ1) is 14.0. The Balaban J connectivity index is 1.56. The summed E-state index contributed by atoms with van der Waals surface area (Å²) < 4.78 is 10.8. The highest BCUT2D eigenvalue weighted by molar-refractivity contribution is 6.05. The Hall–Kier alpha value is -4.27. The molecule has 0 saturated heterocycles. The van der Waals surface area contributed by atoms with E-state index in [1.54, 1.807) is 43.3 Å². The van der Waals surface area contributed by atoms with Crippen LogP contribution in [0.5, 0.6) is 0 Å².